The molecule has 0 aliphatic carbocycles. The molecule has 1 amide bonds. The van der Waals surface area contributed by atoms with E-state index in [0.717, 1.165) is 6.07 Å². The zero-order valence-corrected chi connectivity index (χ0v) is 14.6. The van der Waals surface area contributed by atoms with Crippen LogP contribution in [0.25, 0.3) is 0 Å². The van der Waals surface area contributed by atoms with Gasteiger partial charge in [0.2, 0.25) is 5.91 Å². The standard InChI is InChI=1S/C22H17F2NO2/c1-14(22(27)25-20-11-10-18(23)13-19(20)24)16-8-5-9-17(12-16)21(26)15-6-3-2-4-7-15/h2-14H,1H3,(H,25,27)/t14-/m0/s1. The van der Waals surface area contributed by atoms with Crippen molar-refractivity contribution in [3.63, 3.8) is 0 Å². The average Bonchev–Trinajstić information content (AvgIpc) is 2.69. The summed E-state index contributed by atoms with van der Waals surface area (Å²) in [5.41, 5.74) is 1.55. The molecule has 3 aromatic carbocycles. The lowest BCUT2D eigenvalue weighted by atomic mass is 9.95. The number of ketones is 1. The monoisotopic (exact) mass is 365 g/mol. The van der Waals surface area contributed by atoms with Crippen LogP contribution >= 0.6 is 0 Å². The molecule has 1 atom stereocenters. The van der Waals surface area contributed by atoms with Crippen molar-refractivity contribution in [1.29, 1.82) is 0 Å². The second-order valence-electron chi connectivity index (χ2n) is 6.16. The Balaban J connectivity index is 1.79. The van der Waals surface area contributed by atoms with Crippen LogP contribution in [0.3, 0.4) is 0 Å². The van der Waals surface area contributed by atoms with E-state index in [1.807, 2.05) is 6.07 Å². The Kier molecular flexibility index (Phi) is 5.41. The van der Waals surface area contributed by atoms with Crippen LogP contribution in [0.1, 0.15) is 34.3 Å². The Labute approximate surface area is 155 Å². The first kappa shape index (κ1) is 18.5. The Morgan fingerprint density at radius 3 is 2.26 bits per heavy atom. The minimum absolute atomic E-state index is 0.0928. The van der Waals surface area contributed by atoms with Gasteiger partial charge in [0.25, 0.3) is 0 Å². The molecule has 0 bridgehead atoms. The van der Waals surface area contributed by atoms with E-state index in [-0.39, 0.29) is 11.5 Å². The van der Waals surface area contributed by atoms with E-state index in [1.54, 1.807) is 55.5 Å². The molecular formula is C22H17F2NO2. The lowest BCUT2D eigenvalue weighted by molar-refractivity contribution is -0.117. The fourth-order valence-corrected chi connectivity index (χ4v) is 2.69. The quantitative estimate of drug-likeness (QED) is 0.651. The highest BCUT2D eigenvalue weighted by Gasteiger charge is 2.19. The summed E-state index contributed by atoms with van der Waals surface area (Å²) in [7, 11) is 0. The molecule has 3 rings (SSSR count). The number of benzene rings is 3. The van der Waals surface area contributed by atoms with E-state index >= 15 is 0 Å². The molecule has 0 spiro atoms. The molecular weight excluding hydrogens is 348 g/mol. The summed E-state index contributed by atoms with van der Waals surface area (Å²) < 4.78 is 26.7. The van der Waals surface area contributed by atoms with Gasteiger partial charge < -0.3 is 5.32 Å². The minimum Gasteiger partial charge on any atom is -0.323 e. The zero-order valence-electron chi connectivity index (χ0n) is 14.6. The predicted molar refractivity (Wildman–Crippen MR) is 99.7 cm³/mol. The van der Waals surface area contributed by atoms with Gasteiger partial charge in [-0.25, -0.2) is 8.78 Å². The summed E-state index contributed by atoms with van der Waals surface area (Å²) in [6, 6.07) is 18.6. The molecule has 0 saturated heterocycles. The first-order valence-electron chi connectivity index (χ1n) is 8.41. The summed E-state index contributed by atoms with van der Waals surface area (Å²) in [5, 5.41) is 2.45. The minimum atomic E-state index is -0.844. The van der Waals surface area contributed by atoms with E-state index in [9.17, 15) is 18.4 Å². The number of hydrogen-bond donors (Lipinski definition) is 1. The second-order valence-corrected chi connectivity index (χ2v) is 6.16. The third-order valence-electron chi connectivity index (χ3n) is 4.27. The van der Waals surface area contributed by atoms with Gasteiger partial charge in [0, 0.05) is 17.2 Å². The normalized spacial score (nSPS) is 11.7. The highest BCUT2D eigenvalue weighted by Crippen LogP contribution is 2.22. The molecule has 0 saturated carbocycles. The fraction of sp³-hybridized carbons (Fsp3) is 0.0909. The number of nitrogens with one attached hydrogen (secondary N) is 1. The number of carbonyl (C=O) groups is 2. The molecule has 1 N–H and O–H groups in total. The predicted octanol–water partition coefficient (Wildman–Crippen LogP) is 4.94. The molecule has 0 fully saturated rings. The van der Waals surface area contributed by atoms with Crippen molar-refractivity contribution in [1.82, 2.24) is 0 Å². The zero-order chi connectivity index (χ0) is 19.4. The number of hydrogen-bond acceptors (Lipinski definition) is 2. The number of rotatable bonds is 5. The number of amides is 1. The van der Waals surface area contributed by atoms with Crippen molar-refractivity contribution in [3.05, 3.63) is 101 Å². The van der Waals surface area contributed by atoms with Crippen LogP contribution in [0.15, 0.2) is 72.8 Å². The maximum atomic E-state index is 13.7. The molecule has 5 heteroatoms. The highest BCUT2D eigenvalue weighted by atomic mass is 19.1. The summed E-state index contributed by atoms with van der Waals surface area (Å²) in [5.74, 6) is -2.79. The summed E-state index contributed by atoms with van der Waals surface area (Å²) in [6.45, 7) is 1.66. The second kappa shape index (κ2) is 7.91. The topological polar surface area (TPSA) is 46.2 Å². The van der Waals surface area contributed by atoms with Crippen LogP contribution in [0.4, 0.5) is 14.5 Å². The molecule has 0 aliphatic rings. The van der Waals surface area contributed by atoms with Crippen molar-refractivity contribution >= 4 is 17.4 Å². The van der Waals surface area contributed by atoms with Gasteiger partial charge in [-0.2, -0.15) is 0 Å². The molecule has 0 radical (unpaired) electrons. The summed E-state index contributed by atoms with van der Waals surface area (Å²) in [4.78, 5) is 25.0. The Bertz CT molecular complexity index is 987. The van der Waals surface area contributed by atoms with E-state index in [0.29, 0.717) is 22.8 Å². The van der Waals surface area contributed by atoms with Gasteiger partial charge in [0.1, 0.15) is 11.6 Å². The van der Waals surface area contributed by atoms with Gasteiger partial charge >= 0.3 is 0 Å². The molecule has 0 aromatic heterocycles. The van der Waals surface area contributed by atoms with Crippen LogP contribution in [0.5, 0.6) is 0 Å². The molecule has 3 aromatic rings. The lowest BCUT2D eigenvalue weighted by Crippen LogP contribution is -2.20. The van der Waals surface area contributed by atoms with Gasteiger partial charge in [-0.05, 0) is 30.7 Å². The summed E-state index contributed by atoms with van der Waals surface area (Å²) in [6.07, 6.45) is 0. The largest absolute Gasteiger partial charge is 0.323 e. The number of halogens is 2. The smallest absolute Gasteiger partial charge is 0.231 e. The Hall–Kier alpha value is -3.34. The molecule has 3 nitrogen and oxygen atoms in total. The molecule has 0 heterocycles. The van der Waals surface area contributed by atoms with Crippen LogP contribution < -0.4 is 5.32 Å². The first-order chi connectivity index (χ1) is 13.0. The Morgan fingerprint density at radius 1 is 0.852 bits per heavy atom. The van der Waals surface area contributed by atoms with Crippen molar-refractivity contribution in [2.45, 2.75) is 12.8 Å². The fourth-order valence-electron chi connectivity index (χ4n) is 2.69. The number of carbonyl (C=O) groups excluding carboxylic acids is 2. The van der Waals surface area contributed by atoms with Gasteiger partial charge in [-0.3, -0.25) is 9.59 Å². The summed E-state index contributed by atoms with van der Waals surface area (Å²) >= 11 is 0. The van der Waals surface area contributed by atoms with E-state index in [4.69, 9.17) is 0 Å². The van der Waals surface area contributed by atoms with Crippen LogP contribution in [-0.4, -0.2) is 11.7 Å². The van der Waals surface area contributed by atoms with Crippen LogP contribution in [-0.2, 0) is 4.79 Å². The van der Waals surface area contributed by atoms with Crippen molar-refractivity contribution in [2.75, 3.05) is 5.32 Å². The van der Waals surface area contributed by atoms with E-state index in [1.165, 1.54) is 6.07 Å². The maximum absolute atomic E-state index is 13.7. The molecule has 136 valence electrons. The van der Waals surface area contributed by atoms with Crippen LogP contribution in [0, 0.1) is 11.6 Å². The molecule has 0 aliphatic heterocycles. The average molecular weight is 365 g/mol. The van der Waals surface area contributed by atoms with Gasteiger partial charge in [-0.1, -0.05) is 48.5 Å². The third-order valence-corrected chi connectivity index (χ3v) is 4.27. The van der Waals surface area contributed by atoms with Crippen molar-refractivity contribution in [2.24, 2.45) is 0 Å². The number of anilines is 1. The van der Waals surface area contributed by atoms with Gasteiger partial charge in [0.05, 0.1) is 11.6 Å². The van der Waals surface area contributed by atoms with Gasteiger partial charge in [0.15, 0.2) is 5.78 Å². The van der Waals surface area contributed by atoms with E-state index in [2.05, 4.69) is 5.32 Å². The van der Waals surface area contributed by atoms with Crippen molar-refractivity contribution < 1.29 is 18.4 Å². The highest BCUT2D eigenvalue weighted by molar-refractivity contribution is 6.09. The lowest BCUT2D eigenvalue weighted by Gasteiger charge is -2.14. The first-order valence-corrected chi connectivity index (χ1v) is 8.41. The Morgan fingerprint density at radius 2 is 1.56 bits per heavy atom. The van der Waals surface area contributed by atoms with E-state index < -0.39 is 23.5 Å². The SMILES string of the molecule is C[C@H](C(=O)Nc1ccc(F)cc1F)c1cccc(C(=O)c2ccccc2)c1. The van der Waals surface area contributed by atoms with Crippen LogP contribution in [0.2, 0.25) is 0 Å². The molecule has 27 heavy (non-hydrogen) atoms. The van der Waals surface area contributed by atoms with Crippen molar-refractivity contribution in [3.8, 4) is 0 Å². The third kappa shape index (κ3) is 4.26. The maximum Gasteiger partial charge on any atom is 0.231 e. The van der Waals surface area contributed by atoms with Gasteiger partial charge in [-0.15, -0.1) is 0 Å². The molecule has 0 unspecified atom stereocenters.